The van der Waals surface area contributed by atoms with Crippen LogP contribution in [0.2, 0.25) is 5.02 Å². The summed E-state index contributed by atoms with van der Waals surface area (Å²) in [4.78, 5) is 0. The Kier molecular flexibility index (Phi) is 10.6. The molecule has 2 aliphatic rings. The molecule has 0 bridgehead atoms. The van der Waals surface area contributed by atoms with Gasteiger partial charge in [0, 0.05) is 11.1 Å². The van der Waals surface area contributed by atoms with Gasteiger partial charge in [-0.2, -0.15) is 0 Å². The zero-order valence-corrected chi connectivity index (χ0v) is 21.2. The van der Waals surface area contributed by atoms with Crippen molar-refractivity contribution in [1.29, 1.82) is 0 Å². The average Bonchev–Trinajstić information content (AvgIpc) is 2.78. The first-order valence-corrected chi connectivity index (χ1v) is 13.5. The van der Waals surface area contributed by atoms with Gasteiger partial charge in [-0.05, 0) is 73.6 Å². The largest absolute Gasteiger partial charge is 0.328 e. The lowest BCUT2D eigenvalue weighted by atomic mass is 9.79. The molecule has 0 aliphatic heterocycles. The van der Waals surface area contributed by atoms with Crippen LogP contribution in [0.3, 0.4) is 0 Å². The Hall–Kier alpha value is -1.31. The maximum absolute atomic E-state index is 6.53. The minimum Gasteiger partial charge on any atom is -0.328 e. The summed E-state index contributed by atoms with van der Waals surface area (Å²) in [5, 5.41) is 0.905. The molecule has 0 aromatic heterocycles. The van der Waals surface area contributed by atoms with E-state index in [9.17, 15) is 0 Å². The van der Waals surface area contributed by atoms with Crippen LogP contribution in [0.4, 0.5) is 0 Å². The lowest BCUT2D eigenvalue weighted by Crippen LogP contribution is -2.22. The Balaban J connectivity index is 0.000000352. The normalized spacial score (nSPS) is 22.4. The maximum Gasteiger partial charge on any atom is 0.0441 e. The predicted molar refractivity (Wildman–Crippen MR) is 141 cm³/mol. The van der Waals surface area contributed by atoms with Gasteiger partial charge < -0.3 is 5.73 Å². The highest BCUT2D eigenvalue weighted by atomic mass is 35.5. The molecule has 0 unspecified atom stereocenters. The van der Waals surface area contributed by atoms with Crippen molar-refractivity contribution in [3.8, 4) is 0 Å². The van der Waals surface area contributed by atoms with E-state index in [1.807, 2.05) is 0 Å². The molecular formula is C30H44ClN. The third kappa shape index (κ3) is 8.23. The number of nitrogens with two attached hydrogens (primary N) is 1. The first-order valence-electron chi connectivity index (χ1n) is 13.1. The Morgan fingerprint density at radius 3 is 2.12 bits per heavy atom. The second-order valence-corrected chi connectivity index (χ2v) is 10.7. The highest BCUT2D eigenvalue weighted by Gasteiger charge is 2.20. The molecule has 1 nitrogen and oxygen atoms in total. The number of benzene rings is 2. The number of aryl methyl sites for hydroxylation is 1. The van der Waals surface area contributed by atoms with E-state index in [-0.39, 0.29) is 0 Å². The molecule has 32 heavy (non-hydrogen) atoms. The van der Waals surface area contributed by atoms with Gasteiger partial charge in [0.2, 0.25) is 0 Å². The Morgan fingerprint density at radius 1 is 0.844 bits per heavy atom. The topological polar surface area (TPSA) is 26.0 Å². The molecule has 0 saturated heterocycles. The molecule has 0 heterocycles. The molecule has 2 aromatic rings. The van der Waals surface area contributed by atoms with Gasteiger partial charge in [-0.25, -0.2) is 0 Å². The summed E-state index contributed by atoms with van der Waals surface area (Å²) in [6.07, 6.45) is 17.2. The third-order valence-electron chi connectivity index (χ3n) is 7.57. The zero-order valence-electron chi connectivity index (χ0n) is 20.4. The van der Waals surface area contributed by atoms with Crippen LogP contribution in [0.5, 0.6) is 0 Å². The van der Waals surface area contributed by atoms with Crippen LogP contribution in [-0.2, 0) is 6.42 Å². The molecule has 2 aliphatic carbocycles. The van der Waals surface area contributed by atoms with Gasteiger partial charge in [0.05, 0.1) is 0 Å². The average molecular weight is 454 g/mol. The molecule has 2 aromatic carbocycles. The van der Waals surface area contributed by atoms with Crippen molar-refractivity contribution >= 4 is 11.6 Å². The molecule has 2 N–H and O–H groups in total. The minimum absolute atomic E-state index is 0.536. The van der Waals surface area contributed by atoms with E-state index in [0.717, 1.165) is 17.4 Å². The lowest BCUT2D eigenvalue weighted by Gasteiger charge is -2.26. The van der Waals surface area contributed by atoms with Crippen molar-refractivity contribution in [1.82, 2.24) is 0 Å². The SMILES string of the molecule is CC[C@@H]1CCCCC[C@H](c2ccc(Cl)c(Cc3ccc(C)cc3)c2)C1.NC1CCCCC1. The first kappa shape index (κ1) is 25.3. The molecule has 4 rings (SSSR count). The van der Waals surface area contributed by atoms with Crippen molar-refractivity contribution in [2.24, 2.45) is 11.7 Å². The van der Waals surface area contributed by atoms with Gasteiger partial charge in [-0.1, -0.05) is 112 Å². The summed E-state index contributed by atoms with van der Waals surface area (Å²) in [6.45, 7) is 4.49. The summed E-state index contributed by atoms with van der Waals surface area (Å²) in [5.74, 6) is 1.60. The van der Waals surface area contributed by atoms with Crippen LogP contribution < -0.4 is 5.73 Å². The van der Waals surface area contributed by atoms with E-state index in [1.54, 1.807) is 0 Å². The zero-order chi connectivity index (χ0) is 22.8. The number of hydrogen-bond acceptors (Lipinski definition) is 1. The molecular weight excluding hydrogens is 410 g/mol. The van der Waals surface area contributed by atoms with Crippen molar-refractivity contribution in [2.75, 3.05) is 0 Å². The summed E-state index contributed by atoms with van der Waals surface area (Å²) in [6, 6.07) is 16.2. The monoisotopic (exact) mass is 453 g/mol. The Bertz CT molecular complexity index is 791. The standard InChI is InChI=1S/C24H31Cl.C6H13N/c1-3-19-7-5-4-6-8-21(15-19)22-13-14-24(25)23(17-22)16-20-11-9-18(2)10-12-20;7-6-4-2-1-3-5-6/h9-14,17,19,21H,3-8,15-16H2,1-2H3;6H,1-5,7H2/t19-,21+;/m1./s1. The number of halogens is 1. The smallest absolute Gasteiger partial charge is 0.0441 e. The van der Waals surface area contributed by atoms with E-state index < -0.39 is 0 Å². The number of hydrogen-bond donors (Lipinski definition) is 1. The second-order valence-electron chi connectivity index (χ2n) is 10.3. The van der Waals surface area contributed by atoms with Crippen LogP contribution in [0.15, 0.2) is 42.5 Å². The van der Waals surface area contributed by atoms with E-state index in [4.69, 9.17) is 17.3 Å². The van der Waals surface area contributed by atoms with E-state index in [1.165, 1.54) is 99.3 Å². The van der Waals surface area contributed by atoms with E-state index >= 15 is 0 Å². The van der Waals surface area contributed by atoms with Gasteiger partial charge >= 0.3 is 0 Å². The van der Waals surface area contributed by atoms with E-state index in [0.29, 0.717) is 12.0 Å². The molecule has 2 atom stereocenters. The molecule has 0 radical (unpaired) electrons. The van der Waals surface area contributed by atoms with Gasteiger partial charge in [-0.15, -0.1) is 0 Å². The summed E-state index contributed by atoms with van der Waals surface area (Å²) >= 11 is 6.53. The van der Waals surface area contributed by atoms with Crippen molar-refractivity contribution < 1.29 is 0 Å². The highest BCUT2D eigenvalue weighted by Crippen LogP contribution is 2.36. The summed E-state index contributed by atoms with van der Waals surface area (Å²) in [5.41, 5.74) is 11.1. The van der Waals surface area contributed by atoms with Crippen molar-refractivity contribution in [3.63, 3.8) is 0 Å². The van der Waals surface area contributed by atoms with Gasteiger partial charge in [0.1, 0.15) is 0 Å². The van der Waals surface area contributed by atoms with E-state index in [2.05, 4.69) is 56.3 Å². The summed E-state index contributed by atoms with van der Waals surface area (Å²) < 4.78 is 0. The third-order valence-corrected chi connectivity index (χ3v) is 7.94. The fraction of sp³-hybridized carbons (Fsp3) is 0.600. The van der Waals surface area contributed by atoms with Crippen LogP contribution in [0, 0.1) is 12.8 Å². The fourth-order valence-electron chi connectivity index (χ4n) is 5.36. The molecule has 0 amide bonds. The molecule has 2 saturated carbocycles. The maximum atomic E-state index is 6.53. The van der Waals surface area contributed by atoms with Gasteiger partial charge in [-0.3, -0.25) is 0 Å². The minimum atomic E-state index is 0.536. The van der Waals surface area contributed by atoms with Crippen LogP contribution in [0.25, 0.3) is 0 Å². The van der Waals surface area contributed by atoms with Crippen molar-refractivity contribution in [3.05, 3.63) is 69.7 Å². The Morgan fingerprint density at radius 2 is 1.50 bits per heavy atom. The molecule has 0 spiro atoms. The lowest BCUT2D eigenvalue weighted by molar-refractivity contribution is 0.339. The summed E-state index contributed by atoms with van der Waals surface area (Å²) in [7, 11) is 0. The van der Waals surface area contributed by atoms with Crippen LogP contribution in [-0.4, -0.2) is 6.04 Å². The van der Waals surface area contributed by atoms with Crippen LogP contribution in [0.1, 0.15) is 112 Å². The molecule has 176 valence electrons. The number of rotatable bonds is 4. The fourth-order valence-corrected chi connectivity index (χ4v) is 5.54. The Labute approximate surface area is 202 Å². The first-order chi connectivity index (χ1) is 15.5. The quantitative estimate of drug-likeness (QED) is 0.490. The van der Waals surface area contributed by atoms with Crippen molar-refractivity contribution in [2.45, 2.75) is 109 Å². The molecule has 2 heteroatoms. The van der Waals surface area contributed by atoms with Gasteiger partial charge in [0.25, 0.3) is 0 Å². The molecule has 2 fully saturated rings. The second kappa shape index (κ2) is 13.4. The highest BCUT2D eigenvalue weighted by molar-refractivity contribution is 6.31. The predicted octanol–water partition coefficient (Wildman–Crippen LogP) is 8.98. The van der Waals surface area contributed by atoms with Crippen LogP contribution >= 0.6 is 11.6 Å². The van der Waals surface area contributed by atoms with Gasteiger partial charge in [0.15, 0.2) is 0 Å².